The summed E-state index contributed by atoms with van der Waals surface area (Å²) in [6.45, 7) is 2.53. The second-order valence-corrected chi connectivity index (χ2v) is 7.27. The van der Waals surface area contributed by atoms with Crippen molar-refractivity contribution in [3.63, 3.8) is 0 Å². The molecule has 5 amide bonds. The fraction of sp³-hybridized carbons (Fsp3) is 0.300. The number of anilines is 1. The van der Waals surface area contributed by atoms with E-state index in [1.54, 1.807) is 19.9 Å². The molecule has 0 atom stereocenters. The number of likely N-dealkylation sites (N-methyl/N-ethyl adjacent to an activating group) is 1. The largest absolute Gasteiger partial charge is 0.335 e. The van der Waals surface area contributed by atoms with E-state index in [4.69, 9.17) is 0 Å². The minimum Gasteiger partial charge on any atom is -0.335 e. The number of nitrogens with zero attached hydrogens (tertiary/aromatic N) is 2. The van der Waals surface area contributed by atoms with Gasteiger partial charge in [0.05, 0.1) is 6.54 Å². The van der Waals surface area contributed by atoms with Crippen LogP contribution >= 0.6 is 0 Å². The summed E-state index contributed by atoms with van der Waals surface area (Å²) >= 11 is 0. The van der Waals surface area contributed by atoms with Crippen molar-refractivity contribution in [2.75, 3.05) is 25.5 Å². The molecule has 1 aliphatic heterocycles. The molecule has 0 aromatic heterocycles. The predicted molar refractivity (Wildman–Crippen MR) is 105 cm³/mol. The van der Waals surface area contributed by atoms with E-state index < -0.39 is 29.9 Å². The summed E-state index contributed by atoms with van der Waals surface area (Å²) in [6, 6.07) is 12.6. The first kappa shape index (κ1) is 19.3. The standard InChI is InChI=1S/C20H22N4O4/c1-20(2)18(27)24(19(28)22-20)12-17(26)23(3)11-16(25)21-15-10-6-8-13-7-4-5-9-14(13)15/h4-10H,11-12H2,1-3H3,(H,21,25)(H,22,28). The van der Waals surface area contributed by atoms with Gasteiger partial charge in [0.2, 0.25) is 11.8 Å². The lowest BCUT2D eigenvalue weighted by atomic mass is 10.1. The maximum Gasteiger partial charge on any atom is 0.325 e. The number of carbonyl (C=O) groups excluding carboxylic acids is 4. The Hall–Kier alpha value is -3.42. The average molecular weight is 382 g/mol. The lowest BCUT2D eigenvalue weighted by Crippen LogP contribution is -2.45. The second kappa shape index (κ2) is 7.30. The van der Waals surface area contributed by atoms with Gasteiger partial charge in [0, 0.05) is 18.1 Å². The maximum absolute atomic E-state index is 12.4. The first-order valence-electron chi connectivity index (χ1n) is 8.85. The number of benzene rings is 2. The van der Waals surface area contributed by atoms with E-state index in [0.717, 1.165) is 15.7 Å². The molecule has 0 saturated carbocycles. The van der Waals surface area contributed by atoms with Gasteiger partial charge in [-0.05, 0) is 25.3 Å². The lowest BCUT2D eigenvalue weighted by molar-refractivity contribution is -0.138. The normalized spacial score (nSPS) is 15.5. The molecule has 0 spiro atoms. The van der Waals surface area contributed by atoms with Crippen molar-refractivity contribution in [3.8, 4) is 0 Å². The second-order valence-electron chi connectivity index (χ2n) is 7.27. The number of nitrogens with one attached hydrogen (secondary N) is 2. The third kappa shape index (κ3) is 3.80. The molecule has 146 valence electrons. The monoisotopic (exact) mass is 382 g/mol. The van der Waals surface area contributed by atoms with Crippen LogP contribution in [-0.2, 0) is 14.4 Å². The summed E-state index contributed by atoms with van der Waals surface area (Å²) in [6.07, 6.45) is 0. The zero-order chi connectivity index (χ0) is 20.5. The minimum atomic E-state index is -1.04. The van der Waals surface area contributed by atoms with E-state index >= 15 is 0 Å². The highest BCUT2D eigenvalue weighted by atomic mass is 16.2. The molecule has 0 radical (unpaired) electrons. The number of rotatable bonds is 5. The molecular formula is C20H22N4O4. The van der Waals surface area contributed by atoms with E-state index in [0.29, 0.717) is 5.69 Å². The van der Waals surface area contributed by atoms with Gasteiger partial charge in [-0.2, -0.15) is 0 Å². The van der Waals surface area contributed by atoms with Crippen molar-refractivity contribution in [1.29, 1.82) is 0 Å². The molecule has 3 rings (SSSR count). The van der Waals surface area contributed by atoms with Gasteiger partial charge < -0.3 is 15.5 Å². The van der Waals surface area contributed by atoms with Crippen LogP contribution in [0.2, 0.25) is 0 Å². The van der Waals surface area contributed by atoms with Gasteiger partial charge in [-0.1, -0.05) is 36.4 Å². The SMILES string of the molecule is CN(CC(=O)Nc1cccc2ccccc12)C(=O)CN1C(=O)NC(C)(C)C1=O. The Morgan fingerprint density at radius 2 is 1.79 bits per heavy atom. The fourth-order valence-corrected chi connectivity index (χ4v) is 3.05. The van der Waals surface area contributed by atoms with Gasteiger partial charge in [-0.15, -0.1) is 0 Å². The van der Waals surface area contributed by atoms with Crippen LogP contribution in [0.25, 0.3) is 10.8 Å². The lowest BCUT2D eigenvalue weighted by Gasteiger charge is -2.20. The van der Waals surface area contributed by atoms with Crippen LogP contribution < -0.4 is 10.6 Å². The Labute approximate surface area is 162 Å². The highest BCUT2D eigenvalue weighted by molar-refractivity contribution is 6.09. The highest BCUT2D eigenvalue weighted by Crippen LogP contribution is 2.23. The van der Waals surface area contributed by atoms with Crippen LogP contribution in [0.15, 0.2) is 42.5 Å². The molecule has 2 aromatic carbocycles. The Morgan fingerprint density at radius 1 is 1.11 bits per heavy atom. The number of imide groups is 1. The quantitative estimate of drug-likeness (QED) is 0.767. The van der Waals surface area contributed by atoms with Crippen molar-refractivity contribution in [3.05, 3.63) is 42.5 Å². The Bertz CT molecular complexity index is 964. The molecule has 1 heterocycles. The molecule has 8 heteroatoms. The zero-order valence-corrected chi connectivity index (χ0v) is 16.0. The zero-order valence-electron chi connectivity index (χ0n) is 16.0. The van der Waals surface area contributed by atoms with Crippen LogP contribution in [0.3, 0.4) is 0 Å². The van der Waals surface area contributed by atoms with Gasteiger partial charge >= 0.3 is 6.03 Å². The number of fused-ring (bicyclic) bond motifs is 1. The van der Waals surface area contributed by atoms with Crippen molar-refractivity contribution in [2.24, 2.45) is 0 Å². The molecule has 28 heavy (non-hydrogen) atoms. The Morgan fingerprint density at radius 3 is 2.46 bits per heavy atom. The van der Waals surface area contributed by atoms with E-state index in [1.165, 1.54) is 11.9 Å². The molecular weight excluding hydrogens is 360 g/mol. The number of hydrogen-bond donors (Lipinski definition) is 2. The first-order valence-corrected chi connectivity index (χ1v) is 8.85. The van der Waals surface area contributed by atoms with Crippen LogP contribution in [0.5, 0.6) is 0 Å². The van der Waals surface area contributed by atoms with Crippen LogP contribution in [0, 0.1) is 0 Å². The van der Waals surface area contributed by atoms with Gasteiger partial charge in [0.1, 0.15) is 12.1 Å². The van der Waals surface area contributed by atoms with Crippen molar-refractivity contribution < 1.29 is 19.2 Å². The maximum atomic E-state index is 12.4. The third-order valence-electron chi connectivity index (χ3n) is 4.61. The van der Waals surface area contributed by atoms with Gasteiger partial charge in [-0.25, -0.2) is 4.79 Å². The molecule has 1 saturated heterocycles. The molecule has 0 unspecified atom stereocenters. The smallest absolute Gasteiger partial charge is 0.325 e. The van der Waals surface area contributed by atoms with Crippen LogP contribution in [0.1, 0.15) is 13.8 Å². The fourth-order valence-electron chi connectivity index (χ4n) is 3.05. The Balaban J connectivity index is 1.62. The summed E-state index contributed by atoms with van der Waals surface area (Å²) < 4.78 is 0. The molecule has 8 nitrogen and oxygen atoms in total. The Kier molecular flexibility index (Phi) is 5.04. The molecule has 0 bridgehead atoms. The van der Waals surface area contributed by atoms with Crippen molar-refractivity contribution in [2.45, 2.75) is 19.4 Å². The predicted octanol–water partition coefficient (Wildman–Crippen LogP) is 1.57. The van der Waals surface area contributed by atoms with E-state index in [9.17, 15) is 19.2 Å². The van der Waals surface area contributed by atoms with E-state index in [2.05, 4.69) is 10.6 Å². The molecule has 0 aliphatic carbocycles. The highest BCUT2D eigenvalue weighted by Gasteiger charge is 2.45. The number of hydrogen-bond acceptors (Lipinski definition) is 4. The van der Waals surface area contributed by atoms with Gasteiger partial charge in [0.15, 0.2) is 0 Å². The van der Waals surface area contributed by atoms with Gasteiger partial charge in [0.25, 0.3) is 5.91 Å². The van der Waals surface area contributed by atoms with Crippen molar-refractivity contribution >= 4 is 40.2 Å². The summed E-state index contributed by atoms with van der Waals surface area (Å²) in [7, 11) is 1.45. The molecule has 1 fully saturated rings. The summed E-state index contributed by atoms with van der Waals surface area (Å²) in [5, 5.41) is 7.21. The molecule has 2 aromatic rings. The van der Waals surface area contributed by atoms with E-state index in [-0.39, 0.29) is 12.5 Å². The molecule has 1 aliphatic rings. The first-order chi connectivity index (χ1) is 13.2. The van der Waals surface area contributed by atoms with Crippen LogP contribution in [-0.4, -0.2) is 59.2 Å². The van der Waals surface area contributed by atoms with Crippen molar-refractivity contribution in [1.82, 2.24) is 15.1 Å². The number of carbonyl (C=O) groups is 4. The number of urea groups is 1. The summed E-state index contributed by atoms with van der Waals surface area (Å²) in [4.78, 5) is 50.9. The van der Waals surface area contributed by atoms with E-state index in [1.807, 2.05) is 36.4 Å². The average Bonchev–Trinajstić information content (AvgIpc) is 2.83. The van der Waals surface area contributed by atoms with Crippen LogP contribution in [0.4, 0.5) is 10.5 Å². The minimum absolute atomic E-state index is 0.199. The topological polar surface area (TPSA) is 98.8 Å². The number of amides is 5. The third-order valence-corrected chi connectivity index (χ3v) is 4.61. The molecule has 2 N–H and O–H groups in total. The summed E-state index contributed by atoms with van der Waals surface area (Å²) in [5.41, 5.74) is -0.387. The van der Waals surface area contributed by atoms with Gasteiger partial charge in [-0.3, -0.25) is 19.3 Å². The summed E-state index contributed by atoms with van der Waals surface area (Å²) in [5.74, 6) is -1.35.